The summed E-state index contributed by atoms with van der Waals surface area (Å²) >= 11 is 6.38. The summed E-state index contributed by atoms with van der Waals surface area (Å²) in [5, 5.41) is 0.743. The summed E-state index contributed by atoms with van der Waals surface area (Å²) < 4.78 is 2.18. The number of benzene rings is 2. The Labute approximate surface area is 172 Å². The second-order valence-corrected chi connectivity index (χ2v) is 7.85. The topological polar surface area (TPSA) is 38.1 Å². The zero-order valence-electron chi connectivity index (χ0n) is 17.1. The van der Waals surface area contributed by atoms with Crippen LogP contribution < -0.4 is 0 Å². The van der Waals surface area contributed by atoms with Gasteiger partial charge in [0, 0.05) is 38.0 Å². The van der Waals surface area contributed by atoms with E-state index in [1.807, 2.05) is 36.2 Å². The Morgan fingerprint density at radius 3 is 2.61 bits per heavy atom. The molecule has 0 saturated heterocycles. The van der Waals surface area contributed by atoms with Gasteiger partial charge in [-0.3, -0.25) is 4.79 Å². The van der Waals surface area contributed by atoms with Crippen molar-refractivity contribution in [2.75, 3.05) is 13.6 Å². The summed E-state index contributed by atoms with van der Waals surface area (Å²) in [5.74, 6) is 1.11. The van der Waals surface area contributed by atoms with Gasteiger partial charge in [0.1, 0.15) is 5.82 Å². The van der Waals surface area contributed by atoms with Crippen LogP contribution in [0.4, 0.5) is 0 Å². The van der Waals surface area contributed by atoms with E-state index in [1.165, 1.54) is 11.1 Å². The van der Waals surface area contributed by atoms with Crippen LogP contribution in [0.3, 0.4) is 0 Å². The molecule has 4 nitrogen and oxygen atoms in total. The lowest BCUT2D eigenvalue weighted by Crippen LogP contribution is -2.28. The number of aryl methyl sites for hydroxylation is 3. The van der Waals surface area contributed by atoms with Gasteiger partial charge >= 0.3 is 0 Å². The van der Waals surface area contributed by atoms with E-state index in [1.54, 1.807) is 0 Å². The van der Waals surface area contributed by atoms with Gasteiger partial charge in [0.2, 0.25) is 5.91 Å². The molecule has 2 aromatic carbocycles. The Balaban J connectivity index is 1.96. The van der Waals surface area contributed by atoms with E-state index >= 15 is 0 Å². The number of nitrogens with zero attached hydrogens (tertiary/aromatic N) is 3. The lowest BCUT2D eigenvalue weighted by molar-refractivity contribution is -0.130. The van der Waals surface area contributed by atoms with Crippen molar-refractivity contribution in [3.63, 3.8) is 0 Å². The van der Waals surface area contributed by atoms with Gasteiger partial charge in [0.05, 0.1) is 11.0 Å². The predicted octanol–water partition coefficient (Wildman–Crippen LogP) is 5.16. The molecule has 0 unspecified atom stereocenters. The van der Waals surface area contributed by atoms with Crippen LogP contribution in [0.5, 0.6) is 0 Å². The second-order valence-electron chi connectivity index (χ2n) is 7.44. The number of aromatic nitrogens is 2. The minimum Gasteiger partial charge on any atom is -0.346 e. The van der Waals surface area contributed by atoms with Crippen molar-refractivity contribution in [2.45, 2.75) is 46.6 Å². The van der Waals surface area contributed by atoms with Crippen LogP contribution in [0.25, 0.3) is 11.0 Å². The molecule has 0 saturated carbocycles. The third-order valence-corrected chi connectivity index (χ3v) is 5.65. The molecule has 1 aromatic heterocycles. The zero-order valence-corrected chi connectivity index (χ0v) is 17.9. The van der Waals surface area contributed by atoms with Gasteiger partial charge in [-0.15, -0.1) is 0 Å². The number of fused-ring (bicyclic) bond motifs is 1. The minimum atomic E-state index is 0.163. The van der Waals surface area contributed by atoms with E-state index in [-0.39, 0.29) is 5.91 Å². The standard InChI is InChI=1S/C23H28ClN3O/c1-5-11-26(4)23(28)10-12-27-21-14-17(3)16(2)13-20(21)25-22(27)15-18-8-6-7-9-19(18)24/h6-9,13-14H,5,10-12,15H2,1-4H3. The molecule has 0 aliphatic heterocycles. The lowest BCUT2D eigenvalue weighted by Gasteiger charge is -2.17. The second kappa shape index (κ2) is 8.78. The van der Waals surface area contributed by atoms with Crippen LogP contribution in [0.2, 0.25) is 5.02 Å². The molecule has 1 heterocycles. The molecule has 0 bridgehead atoms. The van der Waals surface area contributed by atoms with Gasteiger partial charge in [0.25, 0.3) is 0 Å². The summed E-state index contributed by atoms with van der Waals surface area (Å²) in [6, 6.07) is 12.2. The Kier molecular flexibility index (Phi) is 6.40. The molecule has 0 radical (unpaired) electrons. The molecule has 1 amide bonds. The highest BCUT2D eigenvalue weighted by molar-refractivity contribution is 6.31. The number of halogens is 1. The van der Waals surface area contributed by atoms with E-state index in [4.69, 9.17) is 16.6 Å². The molecular weight excluding hydrogens is 370 g/mol. The van der Waals surface area contributed by atoms with Gasteiger partial charge in [-0.2, -0.15) is 0 Å². The number of imidazole rings is 1. The largest absolute Gasteiger partial charge is 0.346 e. The number of amides is 1. The summed E-state index contributed by atoms with van der Waals surface area (Å²) in [7, 11) is 1.87. The van der Waals surface area contributed by atoms with Crippen molar-refractivity contribution in [3.05, 3.63) is 63.9 Å². The highest BCUT2D eigenvalue weighted by Crippen LogP contribution is 2.25. The Morgan fingerprint density at radius 2 is 1.89 bits per heavy atom. The van der Waals surface area contributed by atoms with Crippen LogP contribution >= 0.6 is 11.6 Å². The van der Waals surface area contributed by atoms with Crippen molar-refractivity contribution in [3.8, 4) is 0 Å². The molecule has 148 valence electrons. The van der Waals surface area contributed by atoms with Crippen molar-refractivity contribution in [2.24, 2.45) is 0 Å². The molecule has 28 heavy (non-hydrogen) atoms. The number of carbonyl (C=O) groups excluding carboxylic acids is 1. The fourth-order valence-electron chi connectivity index (χ4n) is 3.48. The van der Waals surface area contributed by atoms with Gasteiger partial charge in [-0.05, 0) is 55.2 Å². The van der Waals surface area contributed by atoms with Crippen LogP contribution in [0, 0.1) is 13.8 Å². The highest BCUT2D eigenvalue weighted by atomic mass is 35.5. The monoisotopic (exact) mass is 397 g/mol. The Hall–Kier alpha value is -2.33. The van der Waals surface area contributed by atoms with Crippen LogP contribution in [-0.2, 0) is 17.8 Å². The van der Waals surface area contributed by atoms with E-state index < -0.39 is 0 Å². The van der Waals surface area contributed by atoms with Crippen molar-refractivity contribution < 1.29 is 4.79 Å². The van der Waals surface area contributed by atoms with E-state index in [0.29, 0.717) is 19.4 Å². The third-order valence-electron chi connectivity index (χ3n) is 5.28. The number of carbonyl (C=O) groups is 1. The summed E-state index contributed by atoms with van der Waals surface area (Å²) in [6.07, 6.45) is 2.07. The average molecular weight is 398 g/mol. The molecule has 0 spiro atoms. The maximum absolute atomic E-state index is 12.5. The first-order valence-electron chi connectivity index (χ1n) is 9.84. The summed E-state index contributed by atoms with van der Waals surface area (Å²) in [4.78, 5) is 19.2. The minimum absolute atomic E-state index is 0.163. The molecule has 5 heteroatoms. The van der Waals surface area contributed by atoms with Gasteiger partial charge in [0.15, 0.2) is 0 Å². The van der Waals surface area contributed by atoms with E-state index in [9.17, 15) is 4.79 Å². The lowest BCUT2D eigenvalue weighted by atomic mass is 10.1. The fraction of sp³-hybridized carbons (Fsp3) is 0.391. The van der Waals surface area contributed by atoms with Crippen LogP contribution in [0.15, 0.2) is 36.4 Å². The van der Waals surface area contributed by atoms with Crippen LogP contribution in [-0.4, -0.2) is 34.0 Å². The van der Waals surface area contributed by atoms with Crippen molar-refractivity contribution in [1.29, 1.82) is 0 Å². The van der Waals surface area contributed by atoms with Gasteiger partial charge in [-0.25, -0.2) is 4.98 Å². The SMILES string of the molecule is CCCN(C)C(=O)CCn1c(Cc2ccccc2Cl)nc2cc(C)c(C)cc21. The number of hydrogen-bond donors (Lipinski definition) is 0. The molecular formula is C23H28ClN3O. The summed E-state index contributed by atoms with van der Waals surface area (Å²) in [5.41, 5.74) is 5.55. The molecule has 3 rings (SSSR count). The molecule has 0 N–H and O–H groups in total. The first kappa shape index (κ1) is 20.4. The Morgan fingerprint density at radius 1 is 1.18 bits per heavy atom. The quantitative estimate of drug-likeness (QED) is 0.552. The average Bonchev–Trinajstić information content (AvgIpc) is 2.98. The first-order chi connectivity index (χ1) is 13.4. The third kappa shape index (κ3) is 4.39. The van der Waals surface area contributed by atoms with Gasteiger partial charge < -0.3 is 9.47 Å². The Bertz CT molecular complexity index is 993. The fourth-order valence-corrected chi connectivity index (χ4v) is 3.69. The molecule has 3 aromatic rings. The summed E-state index contributed by atoms with van der Waals surface area (Å²) in [6.45, 7) is 7.70. The van der Waals surface area contributed by atoms with E-state index in [0.717, 1.165) is 40.4 Å². The van der Waals surface area contributed by atoms with Gasteiger partial charge in [-0.1, -0.05) is 36.7 Å². The van der Waals surface area contributed by atoms with Crippen molar-refractivity contribution >= 4 is 28.5 Å². The first-order valence-corrected chi connectivity index (χ1v) is 10.2. The maximum atomic E-state index is 12.5. The normalized spacial score (nSPS) is 11.2. The molecule has 0 aliphatic rings. The number of rotatable bonds is 7. The molecule has 0 atom stereocenters. The van der Waals surface area contributed by atoms with E-state index in [2.05, 4.69) is 37.5 Å². The molecule has 0 aliphatic carbocycles. The zero-order chi connectivity index (χ0) is 20.3. The number of hydrogen-bond acceptors (Lipinski definition) is 2. The predicted molar refractivity (Wildman–Crippen MR) is 116 cm³/mol. The molecule has 0 fully saturated rings. The maximum Gasteiger partial charge on any atom is 0.224 e. The highest BCUT2D eigenvalue weighted by Gasteiger charge is 2.16. The smallest absolute Gasteiger partial charge is 0.224 e. The van der Waals surface area contributed by atoms with Crippen LogP contribution in [0.1, 0.15) is 42.3 Å². The van der Waals surface area contributed by atoms with Crippen molar-refractivity contribution in [1.82, 2.24) is 14.5 Å².